The first-order valence-corrected chi connectivity index (χ1v) is 9.18. The van der Waals surface area contributed by atoms with Crippen LogP contribution in [0.25, 0.3) is 0 Å². The van der Waals surface area contributed by atoms with Gasteiger partial charge in [-0.2, -0.15) is 0 Å². The molecule has 2 unspecified atom stereocenters. The second kappa shape index (κ2) is 9.08. The van der Waals surface area contributed by atoms with Crippen LogP contribution in [0.2, 0.25) is 0 Å². The van der Waals surface area contributed by atoms with Crippen LogP contribution in [-0.4, -0.2) is 62.8 Å². The molecule has 2 N–H and O–H groups in total. The van der Waals surface area contributed by atoms with Crippen molar-refractivity contribution in [2.75, 3.05) is 45.9 Å². The Kier molecular flexibility index (Phi) is 6.55. The molecule has 0 amide bonds. The number of ether oxygens (including phenoxy) is 1. The lowest BCUT2D eigenvalue weighted by Crippen LogP contribution is -2.40. The van der Waals surface area contributed by atoms with Gasteiger partial charge in [0, 0.05) is 45.2 Å². The molecule has 0 radical (unpaired) electrons. The van der Waals surface area contributed by atoms with Gasteiger partial charge in [0.05, 0.1) is 19.5 Å². The highest BCUT2D eigenvalue weighted by Crippen LogP contribution is 2.28. The molecule has 0 bridgehead atoms. The van der Waals surface area contributed by atoms with Crippen molar-refractivity contribution < 1.29 is 9.15 Å². The van der Waals surface area contributed by atoms with Crippen LogP contribution < -0.4 is 10.6 Å². The van der Waals surface area contributed by atoms with E-state index in [1.54, 1.807) is 6.26 Å². The van der Waals surface area contributed by atoms with Gasteiger partial charge in [-0.3, -0.25) is 9.89 Å². The van der Waals surface area contributed by atoms with Gasteiger partial charge in [0.1, 0.15) is 5.76 Å². The summed E-state index contributed by atoms with van der Waals surface area (Å²) in [7, 11) is 0. The molecule has 2 atom stereocenters. The minimum Gasteiger partial charge on any atom is -0.469 e. The van der Waals surface area contributed by atoms with Crippen LogP contribution in [0.3, 0.4) is 0 Å². The molecule has 1 aliphatic heterocycles. The van der Waals surface area contributed by atoms with Gasteiger partial charge in [-0.1, -0.05) is 6.92 Å². The SMILES string of the molecule is CC1CC1NC(=NCCCN1CCOCC1)NCCc1ccco1. The zero-order valence-corrected chi connectivity index (χ0v) is 14.7. The van der Waals surface area contributed by atoms with Crippen molar-refractivity contribution in [3.63, 3.8) is 0 Å². The lowest BCUT2D eigenvalue weighted by atomic mass is 10.3. The van der Waals surface area contributed by atoms with Gasteiger partial charge in [-0.05, 0) is 30.9 Å². The molecule has 1 saturated carbocycles. The minimum absolute atomic E-state index is 0.583. The molecule has 2 aliphatic rings. The fourth-order valence-corrected chi connectivity index (χ4v) is 2.92. The van der Waals surface area contributed by atoms with Crippen LogP contribution in [0.15, 0.2) is 27.8 Å². The maximum Gasteiger partial charge on any atom is 0.191 e. The molecular weight excluding hydrogens is 304 g/mol. The van der Waals surface area contributed by atoms with E-state index in [-0.39, 0.29) is 0 Å². The van der Waals surface area contributed by atoms with Gasteiger partial charge in [-0.25, -0.2) is 0 Å². The Hall–Kier alpha value is -1.53. The smallest absolute Gasteiger partial charge is 0.191 e. The van der Waals surface area contributed by atoms with Crippen LogP contribution in [0.4, 0.5) is 0 Å². The predicted octanol–water partition coefficient (Wildman–Crippen LogP) is 1.49. The molecule has 0 aromatic carbocycles. The second-order valence-electron chi connectivity index (χ2n) is 6.76. The number of hydrogen-bond acceptors (Lipinski definition) is 4. The summed E-state index contributed by atoms with van der Waals surface area (Å²) in [6, 6.07) is 4.52. The standard InChI is InChI=1S/C18H30N4O2/c1-15-14-17(15)21-18(20-7-5-16-4-2-11-24-16)19-6-3-8-22-9-12-23-13-10-22/h2,4,11,15,17H,3,5-10,12-14H2,1H3,(H2,19,20,21). The Morgan fingerprint density at radius 1 is 1.38 bits per heavy atom. The Morgan fingerprint density at radius 2 is 2.21 bits per heavy atom. The normalized spacial score (nSPS) is 24.8. The zero-order chi connectivity index (χ0) is 16.6. The number of guanidine groups is 1. The first kappa shape index (κ1) is 17.3. The van der Waals surface area contributed by atoms with E-state index in [2.05, 4.69) is 22.5 Å². The summed E-state index contributed by atoms with van der Waals surface area (Å²) in [5.74, 6) is 2.71. The fourth-order valence-electron chi connectivity index (χ4n) is 2.92. The molecule has 6 nitrogen and oxygen atoms in total. The lowest BCUT2D eigenvalue weighted by Gasteiger charge is -2.26. The molecule has 1 aliphatic carbocycles. The van der Waals surface area contributed by atoms with Crippen molar-refractivity contribution in [1.29, 1.82) is 0 Å². The largest absolute Gasteiger partial charge is 0.469 e. The van der Waals surface area contributed by atoms with Gasteiger partial charge in [0.25, 0.3) is 0 Å². The van der Waals surface area contributed by atoms with Gasteiger partial charge < -0.3 is 19.8 Å². The van der Waals surface area contributed by atoms with E-state index in [4.69, 9.17) is 14.1 Å². The first-order chi connectivity index (χ1) is 11.8. The van der Waals surface area contributed by atoms with Crippen LogP contribution >= 0.6 is 0 Å². The number of hydrogen-bond donors (Lipinski definition) is 2. The van der Waals surface area contributed by atoms with Crippen LogP contribution in [0, 0.1) is 5.92 Å². The molecular formula is C18H30N4O2. The van der Waals surface area contributed by atoms with Crippen molar-refractivity contribution in [2.24, 2.45) is 10.9 Å². The fraction of sp³-hybridized carbons (Fsp3) is 0.722. The molecule has 1 aromatic heterocycles. The maximum atomic E-state index is 5.38. The minimum atomic E-state index is 0.583. The average Bonchev–Trinajstić information content (AvgIpc) is 3.07. The predicted molar refractivity (Wildman–Crippen MR) is 95.3 cm³/mol. The van der Waals surface area contributed by atoms with E-state index in [0.717, 1.165) is 76.4 Å². The second-order valence-corrected chi connectivity index (χ2v) is 6.76. The van der Waals surface area contributed by atoms with E-state index in [1.807, 2.05) is 12.1 Å². The van der Waals surface area contributed by atoms with E-state index in [0.29, 0.717) is 6.04 Å². The molecule has 1 saturated heterocycles. The first-order valence-electron chi connectivity index (χ1n) is 9.18. The number of nitrogens with one attached hydrogen (secondary N) is 2. The van der Waals surface area contributed by atoms with Crippen molar-refractivity contribution in [2.45, 2.75) is 32.2 Å². The third-order valence-electron chi connectivity index (χ3n) is 4.68. The van der Waals surface area contributed by atoms with Crippen molar-refractivity contribution >= 4 is 5.96 Å². The lowest BCUT2D eigenvalue weighted by molar-refractivity contribution is 0.0377. The Bertz CT molecular complexity index is 497. The Balaban J connectivity index is 1.38. The molecule has 6 heteroatoms. The monoisotopic (exact) mass is 334 g/mol. The van der Waals surface area contributed by atoms with Gasteiger partial charge in [-0.15, -0.1) is 0 Å². The molecule has 3 rings (SSSR count). The summed E-state index contributed by atoms with van der Waals surface area (Å²) in [4.78, 5) is 7.21. The van der Waals surface area contributed by atoms with Crippen LogP contribution in [0.5, 0.6) is 0 Å². The summed E-state index contributed by atoms with van der Waals surface area (Å²) < 4.78 is 10.8. The molecule has 2 heterocycles. The van der Waals surface area contributed by atoms with Crippen LogP contribution in [0.1, 0.15) is 25.5 Å². The topological polar surface area (TPSA) is 62.0 Å². The number of morpholine rings is 1. The molecule has 24 heavy (non-hydrogen) atoms. The Labute approximate surface area is 144 Å². The number of aliphatic imine (C=N–C) groups is 1. The molecule has 2 fully saturated rings. The van der Waals surface area contributed by atoms with E-state index < -0.39 is 0 Å². The average molecular weight is 334 g/mol. The van der Waals surface area contributed by atoms with Crippen molar-refractivity contribution in [3.05, 3.63) is 24.2 Å². The van der Waals surface area contributed by atoms with Gasteiger partial charge in [0.2, 0.25) is 0 Å². The molecule has 134 valence electrons. The molecule has 0 spiro atoms. The van der Waals surface area contributed by atoms with E-state index in [1.165, 1.54) is 6.42 Å². The number of furan rings is 1. The number of rotatable bonds is 8. The highest BCUT2D eigenvalue weighted by Gasteiger charge is 2.33. The quantitative estimate of drug-likeness (QED) is 0.428. The van der Waals surface area contributed by atoms with E-state index in [9.17, 15) is 0 Å². The zero-order valence-electron chi connectivity index (χ0n) is 14.7. The third-order valence-corrected chi connectivity index (χ3v) is 4.68. The summed E-state index contributed by atoms with van der Waals surface area (Å²) in [6.45, 7) is 8.90. The van der Waals surface area contributed by atoms with Gasteiger partial charge in [0.15, 0.2) is 5.96 Å². The van der Waals surface area contributed by atoms with E-state index >= 15 is 0 Å². The van der Waals surface area contributed by atoms with Crippen molar-refractivity contribution in [1.82, 2.24) is 15.5 Å². The summed E-state index contributed by atoms with van der Waals surface area (Å²) in [5, 5.41) is 6.97. The van der Waals surface area contributed by atoms with Crippen LogP contribution in [-0.2, 0) is 11.2 Å². The summed E-state index contributed by atoms with van der Waals surface area (Å²) in [6.07, 6.45) is 4.93. The third kappa shape index (κ3) is 5.83. The number of nitrogens with zero attached hydrogens (tertiary/aromatic N) is 2. The summed E-state index contributed by atoms with van der Waals surface area (Å²) >= 11 is 0. The van der Waals surface area contributed by atoms with Gasteiger partial charge >= 0.3 is 0 Å². The highest BCUT2D eigenvalue weighted by molar-refractivity contribution is 5.80. The summed E-state index contributed by atoms with van der Waals surface area (Å²) in [5.41, 5.74) is 0. The highest BCUT2D eigenvalue weighted by atomic mass is 16.5. The molecule has 1 aromatic rings. The van der Waals surface area contributed by atoms with Crippen molar-refractivity contribution in [3.8, 4) is 0 Å². The Morgan fingerprint density at radius 3 is 2.92 bits per heavy atom. The maximum absolute atomic E-state index is 5.38.